The fourth-order valence-corrected chi connectivity index (χ4v) is 4.38. The molecule has 2 aliphatic rings. The standard InChI is InChI=1S/C20H20ClNO3S/c21-15-6-7-19-18(12-15)22(8-10-26-19)20(23)14-3-1-4-16(11-14)25-13-17-5-2-9-24-17/h1,3-4,6-7,11-12,17H,2,5,8-10,13H2. The molecule has 0 saturated carbocycles. The lowest BCUT2D eigenvalue weighted by molar-refractivity contribution is 0.0679. The van der Waals surface area contributed by atoms with Crippen molar-refractivity contribution in [1.82, 2.24) is 0 Å². The summed E-state index contributed by atoms with van der Waals surface area (Å²) < 4.78 is 11.4. The second-order valence-electron chi connectivity index (χ2n) is 6.39. The molecule has 1 fully saturated rings. The predicted octanol–water partition coefficient (Wildman–Crippen LogP) is 4.65. The molecule has 2 aromatic rings. The van der Waals surface area contributed by atoms with E-state index in [-0.39, 0.29) is 12.0 Å². The Kier molecular flexibility index (Phi) is 5.38. The van der Waals surface area contributed by atoms with E-state index in [1.807, 2.05) is 42.5 Å². The zero-order chi connectivity index (χ0) is 17.9. The number of carbonyl (C=O) groups excluding carboxylic acids is 1. The van der Waals surface area contributed by atoms with Gasteiger partial charge < -0.3 is 14.4 Å². The molecule has 6 heteroatoms. The van der Waals surface area contributed by atoms with E-state index in [1.54, 1.807) is 16.7 Å². The number of anilines is 1. The maximum absolute atomic E-state index is 13.1. The van der Waals surface area contributed by atoms with Crippen LogP contribution in [0.1, 0.15) is 23.2 Å². The summed E-state index contributed by atoms with van der Waals surface area (Å²) >= 11 is 7.89. The minimum atomic E-state index is -0.0311. The number of carbonyl (C=O) groups is 1. The fourth-order valence-electron chi connectivity index (χ4n) is 3.24. The van der Waals surface area contributed by atoms with Crippen molar-refractivity contribution in [2.75, 3.05) is 30.4 Å². The van der Waals surface area contributed by atoms with E-state index in [0.29, 0.717) is 29.5 Å². The van der Waals surface area contributed by atoms with Gasteiger partial charge in [-0.25, -0.2) is 0 Å². The third kappa shape index (κ3) is 3.85. The second kappa shape index (κ2) is 7.91. The molecule has 0 radical (unpaired) electrons. The molecule has 0 bridgehead atoms. The Balaban J connectivity index is 1.52. The van der Waals surface area contributed by atoms with Crippen LogP contribution in [-0.2, 0) is 4.74 Å². The average molecular weight is 390 g/mol. The van der Waals surface area contributed by atoms with Crippen molar-refractivity contribution in [2.24, 2.45) is 0 Å². The highest BCUT2D eigenvalue weighted by Gasteiger charge is 2.25. The van der Waals surface area contributed by atoms with Crippen molar-refractivity contribution in [3.8, 4) is 5.75 Å². The van der Waals surface area contributed by atoms with Gasteiger partial charge in [0.2, 0.25) is 0 Å². The molecule has 2 heterocycles. The lowest BCUT2D eigenvalue weighted by atomic mass is 10.1. The van der Waals surface area contributed by atoms with E-state index in [0.717, 1.165) is 35.8 Å². The number of ether oxygens (including phenoxy) is 2. The summed E-state index contributed by atoms with van der Waals surface area (Å²) in [6.45, 7) is 2.00. The molecule has 1 amide bonds. The zero-order valence-electron chi connectivity index (χ0n) is 14.3. The van der Waals surface area contributed by atoms with Crippen molar-refractivity contribution < 1.29 is 14.3 Å². The first-order valence-corrected chi connectivity index (χ1v) is 10.2. The van der Waals surface area contributed by atoms with Gasteiger partial charge in [-0.15, -0.1) is 11.8 Å². The highest BCUT2D eigenvalue weighted by Crippen LogP contribution is 2.37. The molecule has 4 rings (SSSR count). The zero-order valence-corrected chi connectivity index (χ0v) is 15.9. The SMILES string of the molecule is O=C(c1cccc(OCC2CCCO2)c1)N1CCSc2ccc(Cl)cc21. The Bertz CT molecular complexity index is 807. The van der Waals surface area contributed by atoms with Gasteiger partial charge in [0.1, 0.15) is 12.4 Å². The molecule has 136 valence electrons. The molecule has 0 aromatic heterocycles. The first-order chi connectivity index (χ1) is 12.7. The van der Waals surface area contributed by atoms with Gasteiger partial charge in [0.05, 0.1) is 11.8 Å². The number of benzene rings is 2. The third-order valence-electron chi connectivity index (χ3n) is 4.57. The molecule has 0 aliphatic carbocycles. The number of rotatable bonds is 4. The van der Waals surface area contributed by atoms with Gasteiger partial charge in [-0.3, -0.25) is 4.79 Å². The van der Waals surface area contributed by atoms with E-state index in [2.05, 4.69) is 0 Å². The van der Waals surface area contributed by atoms with Crippen LogP contribution in [-0.4, -0.2) is 37.5 Å². The molecule has 2 aliphatic heterocycles. The van der Waals surface area contributed by atoms with E-state index >= 15 is 0 Å². The van der Waals surface area contributed by atoms with Crippen LogP contribution in [0.2, 0.25) is 5.02 Å². The number of fused-ring (bicyclic) bond motifs is 1. The minimum Gasteiger partial charge on any atom is -0.491 e. The number of hydrogen-bond acceptors (Lipinski definition) is 4. The topological polar surface area (TPSA) is 38.8 Å². The molecule has 0 spiro atoms. The Morgan fingerprint density at radius 1 is 1.31 bits per heavy atom. The predicted molar refractivity (Wildman–Crippen MR) is 105 cm³/mol. The fraction of sp³-hybridized carbons (Fsp3) is 0.350. The molecule has 26 heavy (non-hydrogen) atoms. The lowest BCUT2D eigenvalue weighted by Gasteiger charge is -2.29. The quantitative estimate of drug-likeness (QED) is 0.762. The largest absolute Gasteiger partial charge is 0.491 e. The molecule has 1 unspecified atom stereocenters. The highest BCUT2D eigenvalue weighted by atomic mass is 35.5. The van der Waals surface area contributed by atoms with Gasteiger partial charge in [0, 0.05) is 34.4 Å². The first kappa shape index (κ1) is 17.7. The molecule has 1 saturated heterocycles. The van der Waals surface area contributed by atoms with Crippen molar-refractivity contribution in [2.45, 2.75) is 23.8 Å². The normalized spacial score (nSPS) is 19.3. The number of nitrogens with zero attached hydrogens (tertiary/aromatic N) is 1. The van der Waals surface area contributed by atoms with E-state index in [9.17, 15) is 4.79 Å². The van der Waals surface area contributed by atoms with Gasteiger partial charge >= 0.3 is 0 Å². The summed E-state index contributed by atoms with van der Waals surface area (Å²) in [5.41, 5.74) is 1.50. The summed E-state index contributed by atoms with van der Waals surface area (Å²) in [7, 11) is 0. The van der Waals surface area contributed by atoms with Gasteiger partial charge in [0.25, 0.3) is 5.91 Å². The molecule has 4 nitrogen and oxygen atoms in total. The highest BCUT2D eigenvalue weighted by molar-refractivity contribution is 7.99. The van der Waals surface area contributed by atoms with Crippen LogP contribution in [0.5, 0.6) is 5.75 Å². The Hall–Kier alpha value is -1.69. The molecular weight excluding hydrogens is 370 g/mol. The third-order valence-corrected chi connectivity index (χ3v) is 5.85. The molecule has 1 atom stereocenters. The van der Waals surface area contributed by atoms with Gasteiger partial charge in [0.15, 0.2) is 0 Å². The molecule has 0 N–H and O–H groups in total. The van der Waals surface area contributed by atoms with Crippen LogP contribution >= 0.6 is 23.4 Å². The minimum absolute atomic E-state index is 0.0311. The van der Waals surface area contributed by atoms with Crippen LogP contribution < -0.4 is 9.64 Å². The van der Waals surface area contributed by atoms with Crippen molar-refractivity contribution >= 4 is 35.0 Å². The Labute approximate surface area is 162 Å². The Morgan fingerprint density at radius 3 is 3.08 bits per heavy atom. The van der Waals surface area contributed by atoms with Crippen molar-refractivity contribution in [3.05, 3.63) is 53.1 Å². The van der Waals surface area contributed by atoms with E-state index in [4.69, 9.17) is 21.1 Å². The smallest absolute Gasteiger partial charge is 0.258 e. The van der Waals surface area contributed by atoms with E-state index in [1.165, 1.54) is 0 Å². The summed E-state index contributed by atoms with van der Waals surface area (Å²) in [5, 5.41) is 0.637. The van der Waals surface area contributed by atoms with Crippen LogP contribution in [0.15, 0.2) is 47.4 Å². The summed E-state index contributed by atoms with van der Waals surface area (Å²) in [6.07, 6.45) is 2.27. The number of amides is 1. The first-order valence-electron chi connectivity index (χ1n) is 8.79. The monoisotopic (exact) mass is 389 g/mol. The van der Waals surface area contributed by atoms with Crippen LogP contribution in [0.3, 0.4) is 0 Å². The number of thioether (sulfide) groups is 1. The summed E-state index contributed by atoms with van der Waals surface area (Å²) in [5.74, 6) is 1.54. The summed E-state index contributed by atoms with van der Waals surface area (Å²) in [4.78, 5) is 16.0. The average Bonchev–Trinajstić information content (AvgIpc) is 3.19. The van der Waals surface area contributed by atoms with Gasteiger partial charge in [-0.1, -0.05) is 17.7 Å². The van der Waals surface area contributed by atoms with Crippen LogP contribution in [0.25, 0.3) is 0 Å². The molecular formula is C20H20ClNO3S. The van der Waals surface area contributed by atoms with Crippen molar-refractivity contribution in [1.29, 1.82) is 0 Å². The Morgan fingerprint density at radius 2 is 2.23 bits per heavy atom. The maximum atomic E-state index is 13.1. The summed E-state index contributed by atoms with van der Waals surface area (Å²) in [6, 6.07) is 13.1. The van der Waals surface area contributed by atoms with Crippen molar-refractivity contribution in [3.63, 3.8) is 0 Å². The maximum Gasteiger partial charge on any atom is 0.258 e. The van der Waals surface area contributed by atoms with Crippen LogP contribution in [0.4, 0.5) is 5.69 Å². The number of halogens is 1. The molecule has 2 aromatic carbocycles. The van der Waals surface area contributed by atoms with Gasteiger partial charge in [-0.2, -0.15) is 0 Å². The lowest BCUT2D eigenvalue weighted by Crippen LogP contribution is -2.35. The van der Waals surface area contributed by atoms with Crippen LogP contribution in [0, 0.1) is 0 Å². The number of hydrogen-bond donors (Lipinski definition) is 0. The second-order valence-corrected chi connectivity index (χ2v) is 7.96. The van der Waals surface area contributed by atoms with Gasteiger partial charge in [-0.05, 0) is 49.2 Å². The van der Waals surface area contributed by atoms with E-state index < -0.39 is 0 Å².